The van der Waals surface area contributed by atoms with E-state index in [1.54, 1.807) is 0 Å². The summed E-state index contributed by atoms with van der Waals surface area (Å²) < 4.78 is 0. The number of fused-ring (bicyclic) bond motifs is 1. The highest BCUT2D eigenvalue weighted by molar-refractivity contribution is 5.94. The molecule has 2 N–H and O–H groups in total. The lowest BCUT2D eigenvalue weighted by Crippen LogP contribution is -2.43. The van der Waals surface area contributed by atoms with Crippen LogP contribution in [0.3, 0.4) is 0 Å². The molecule has 2 heterocycles. The summed E-state index contributed by atoms with van der Waals surface area (Å²) in [4.78, 5) is 19.1. The maximum atomic E-state index is 12.4. The van der Waals surface area contributed by atoms with Crippen LogP contribution in [0.4, 0.5) is 11.5 Å². The molecule has 4 rings (SSSR count). The van der Waals surface area contributed by atoms with Crippen molar-refractivity contribution in [1.82, 2.24) is 10.3 Å². The molecule has 118 valence electrons. The molecule has 5 heteroatoms. The summed E-state index contributed by atoms with van der Waals surface area (Å²) in [6, 6.07) is 4.00. The van der Waals surface area contributed by atoms with Crippen molar-refractivity contribution in [3.8, 4) is 0 Å². The fourth-order valence-electron chi connectivity index (χ4n) is 4.16. The topological polar surface area (TPSA) is 57.3 Å². The van der Waals surface area contributed by atoms with Gasteiger partial charge < -0.3 is 15.5 Å². The molecule has 0 bridgehead atoms. The number of amides is 1. The van der Waals surface area contributed by atoms with Crippen molar-refractivity contribution in [2.75, 3.05) is 36.4 Å². The molecular weight excluding hydrogens is 276 g/mol. The van der Waals surface area contributed by atoms with E-state index in [1.165, 1.54) is 25.7 Å². The average Bonchev–Trinajstić information content (AvgIpc) is 3.31. The van der Waals surface area contributed by atoms with E-state index in [-0.39, 0.29) is 11.8 Å². The molecule has 1 aromatic rings. The van der Waals surface area contributed by atoms with Crippen molar-refractivity contribution >= 4 is 17.4 Å². The van der Waals surface area contributed by atoms with Crippen LogP contribution in [0.2, 0.25) is 0 Å². The summed E-state index contributed by atoms with van der Waals surface area (Å²) in [5, 5.41) is 6.36. The fraction of sp³-hybridized carbons (Fsp3) is 0.647. The Balaban J connectivity index is 1.36. The number of hydrogen-bond acceptors (Lipinski definition) is 4. The minimum atomic E-state index is 0.180. The zero-order valence-electron chi connectivity index (χ0n) is 12.9. The molecule has 0 spiro atoms. The monoisotopic (exact) mass is 300 g/mol. The minimum Gasteiger partial charge on any atom is -0.368 e. The molecular formula is C17H24N4O. The van der Waals surface area contributed by atoms with Crippen LogP contribution >= 0.6 is 0 Å². The Bertz CT molecular complexity index is 526. The third kappa shape index (κ3) is 2.70. The van der Waals surface area contributed by atoms with E-state index in [0.29, 0.717) is 17.7 Å². The lowest BCUT2D eigenvalue weighted by atomic mass is 10.0. The second-order valence-electron chi connectivity index (χ2n) is 6.77. The predicted molar refractivity (Wildman–Crippen MR) is 86.9 cm³/mol. The zero-order chi connectivity index (χ0) is 14.9. The van der Waals surface area contributed by atoms with Gasteiger partial charge in [-0.05, 0) is 36.8 Å². The number of carbonyl (C=O) groups excluding carboxylic acids is 1. The molecule has 0 radical (unpaired) electrons. The summed E-state index contributed by atoms with van der Waals surface area (Å²) in [7, 11) is 0. The number of nitrogens with one attached hydrogen (secondary N) is 2. The van der Waals surface area contributed by atoms with Gasteiger partial charge in [-0.15, -0.1) is 0 Å². The normalized spacial score (nSPS) is 30.5. The minimum absolute atomic E-state index is 0.180. The Kier molecular flexibility index (Phi) is 3.74. The van der Waals surface area contributed by atoms with E-state index in [1.807, 2.05) is 12.3 Å². The number of aromatic nitrogens is 1. The molecule has 2 unspecified atom stereocenters. The van der Waals surface area contributed by atoms with Crippen LogP contribution < -0.4 is 15.5 Å². The first-order valence-corrected chi connectivity index (χ1v) is 8.55. The lowest BCUT2D eigenvalue weighted by Gasteiger charge is -2.29. The van der Waals surface area contributed by atoms with E-state index in [0.717, 1.165) is 31.9 Å². The standard InChI is InChI=1S/C17H24N4O/c22-17(16-13-3-1-2-4-14(13)16)20-15-6-5-12(11-19-15)21-9-7-18-8-10-21/h5-6,11,13-14,16,18H,1-4,7-10H2,(H,19,20,22). The Morgan fingerprint density at radius 1 is 1.18 bits per heavy atom. The molecule has 22 heavy (non-hydrogen) atoms. The first kappa shape index (κ1) is 14.0. The highest BCUT2D eigenvalue weighted by Gasteiger charge is 2.54. The zero-order valence-corrected chi connectivity index (χ0v) is 12.9. The Morgan fingerprint density at radius 3 is 2.55 bits per heavy atom. The van der Waals surface area contributed by atoms with Gasteiger partial charge in [0.05, 0.1) is 11.9 Å². The number of carbonyl (C=O) groups is 1. The molecule has 2 aliphatic carbocycles. The van der Waals surface area contributed by atoms with Gasteiger partial charge in [0.1, 0.15) is 5.82 Å². The summed E-state index contributed by atoms with van der Waals surface area (Å²) in [5.74, 6) is 2.41. The molecule has 2 saturated carbocycles. The van der Waals surface area contributed by atoms with Gasteiger partial charge in [0.15, 0.2) is 0 Å². The fourth-order valence-corrected chi connectivity index (χ4v) is 4.16. The highest BCUT2D eigenvalue weighted by Crippen LogP contribution is 2.55. The maximum absolute atomic E-state index is 12.4. The molecule has 1 aliphatic heterocycles. The molecule has 1 saturated heterocycles. The molecule has 5 nitrogen and oxygen atoms in total. The predicted octanol–water partition coefficient (Wildman–Crippen LogP) is 1.87. The number of anilines is 2. The van der Waals surface area contributed by atoms with Gasteiger partial charge in [0.2, 0.25) is 5.91 Å². The molecule has 3 aliphatic rings. The van der Waals surface area contributed by atoms with E-state index < -0.39 is 0 Å². The van der Waals surface area contributed by atoms with E-state index in [4.69, 9.17) is 0 Å². The van der Waals surface area contributed by atoms with E-state index in [9.17, 15) is 4.79 Å². The van der Waals surface area contributed by atoms with Gasteiger partial charge in [-0.25, -0.2) is 4.98 Å². The van der Waals surface area contributed by atoms with Gasteiger partial charge in [0, 0.05) is 32.1 Å². The molecule has 1 aromatic heterocycles. The molecule has 3 fully saturated rings. The van der Waals surface area contributed by atoms with Crippen LogP contribution in [-0.4, -0.2) is 37.1 Å². The quantitative estimate of drug-likeness (QED) is 0.895. The van der Waals surface area contributed by atoms with Gasteiger partial charge in [-0.3, -0.25) is 4.79 Å². The SMILES string of the molecule is O=C(Nc1ccc(N2CCNCC2)cn1)C1C2CCCCC21. The number of nitrogens with zero attached hydrogens (tertiary/aromatic N) is 2. The van der Waals surface area contributed by atoms with Crippen molar-refractivity contribution in [2.24, 2.45) is 17.8 Å². The van der Waals surface area contributed by atoms with Gasteiger partial charge in [-0.2, -0.15) is 0 Å². The Hall–Kier alpha value is -1.62. The van der Waals surface area contributed by atoms with Gasteiger partial charge in [0.25, 0.3) is 0 Å². The number of pyridine rings is 1. The van der Waals surface area contributed by atoms with Crippen LogP contribution in [0.5, 0.6) is 0 Å². The lowest BCUT2D eigenvalue weighted by molar-refractivity contribution is -0.117. The third-order valence-electron chi connectivity index (χ3n) is 5.44. The van der Waals surface area contributed by atoms with Crippen molar-refractivity contribution < 1.29 is 4.79 Å². The highest BCUT2D eigenvalue weighted by atomic mass is 16.2. The average molecular weight is 300 g/mol. The number of hydrogen-bond donors (Lipinski definition) is 2. The van der Waals surface area contributed by atoms with Gasteiger partial charge in [-0.1, -0.05) is 12.8 Å². The van der Waals surface area contributed by atoms with Crippen LogP contribution in [0.1, 0.15) is 25.7 Å². The summed E-state index contributed by atoms with van der Waals surface area (Å²) >= 11 is 0. The molecule has 0 aromatic carbocycles. The van der Waals surface area contributed by atoms with Crippen molar-refractivity contribution in [1.29, 1.82) is 0 Å². The molecule has 2 atom stereocenters. The largest absolute Gasteiger partial charge is 0.368 e. The Labute approximate surface area is 131 Å². The van der Waals surface area contributed by atoms with Gasteiger partial charge >= 0.3 is 0 Å². The van der Waals surface area contributed by atoms with Crippen LogP contribution in [0.15, 0.2) is 18.3 Å². The number of rotatable bonds is 3. The van der Waals surface area contributed by atoms with Crippen molar-refractivity contribution in [3.63, 3.8) is 0 Å². The molecule has 1 amide bonds. The summed E-state index contributed by atoms with van der Waals surface area (Å²) in [6.45, 7) is 4.06. The van der Waals surface area contributed by atoms with Crippen LogP contribution in [-0.2, 0) is 4.79 Å². The van der Waals surface area contributed by atoms with Crippen LogP contribution in [0.25, 0.3) is 0 Å². The van der Waals surface area contributed by atoms with Crippen LogP contribution in [0, 0.1) is 17.8 Å². The smallest absolute Gasteiger partial charge is 0.229 e. The first-order chi connectivity index (χ1) is 10.8. The summed E-state index contributed by atoms with van der Waals surface area (Å²) in [5.41, 5.74) is 1.14. The van der Waals surface area contributed by atoms with Crippen molar-refractivity contribution in [2.45, 2.75) is 25.7 Å². The third-order valence-corrected chi connectivity index (χ3v) is 5.44. The first-order valence-electron chi connectivity index (χ1n) is 8.55. The summed E-state index contributed by atoms with van der Waals surface area (Å²) in [6.07, 6.45) is 6.93. The number of piperazine rings is 1. The van der Waals surface area contributed by atoms with E-state index >= 15 is 0 Å². The van der Waals surface area contributed by atoms with Crippen molar-refractivity contribution in [3.05, 3.63) is 18.3 Å². The Morgan fingerprint density at radius 2 is 1.91 bits per heavy atom. The van der Waals surface area contributed by atoms with E-state index in [2.05, 4.69) is 26.6 Å². The second-order valence-corrected chi connectivity index (χ2v) is 6.77. The maximum Gasteiger partial charge on any atom is 0.229 e. The second kappa shape index (κ2) is 5.88.